The number of rotatable bonds is 4. The molecule has 0 spiro atoms. The number of anilines is 2. The minimum atomic E-state index is -0.559. The summed E-state index contributed by atoms with van der Waals surface area (Å²) in [6, 6.07) is 4.34. The Balaban J connectivity index is 1.54. The highest BCUT2D eigenvalue weighted by Crippen LogP contribution is 2.29. The Kier molecular flexibility index (Phi) is 5.64. The van der Waals surface area contributed by atoms with Gasteiger partial charge in [-0.3, -0.25) is 14.2 Å². The SMILES string of the molecule is C[C@@H]1CCCN(c2nc3ncn(CC(=O)Nc4ccc(Br)cc4F)c(=O)c3s2)C1. The molecule has 0 radical (unpaired) electrons. The number of benzene rings is 1. The number of fused-ring (bicyclic) bond motifs is 1. The van der Waals surface area contributed by atoms with Gasteiger partial charge in [-0.25, -0.2) is 9.37 Å². The Morgan fingerprint density at radius 3 is 3.03 bits per heavy atom. The molecule has 29 heavy (non-hydrogen) atoms. The molecule has 1 atom stereocenters. The molecular weight excluding hydrogens is 461 g/mol. The van der Waals surface area contributed by atoms with E-state index in [9.17, 15) is 14.0 Å². The second kappa shape index (κ2) is 8.19. The van der Waals surface area contributed by atoms with Crippen molar-refractivity contribution in [2.75, 3.05) is 23.3 Å². The predicted molar refractivity (Wildman–Crippen MR) is 115 cm³/mol. The molecule has 0 bridgehead atoms. The molecule has 1 aromatic carbocycles. The van der Waals surface area contributed by atoms with E-state index in [0.29, 0.717) is 20.7 Å². The third-order valence-electron chi connectivity index (χ3n) is 4.82. The summed E-state index contributed by atoms with van der Waals surface area (Å²) in [6.07, 6.45) is 3.60. The number of halogens is 2. The van der Waals surface area contributed by atoms with Gasteiger partial charge in [0.1, 0.15) is 23.4 Å². The van der Waals surface area contributed by atoms with Crippen LogP contribution in [0.15, 0.2) is 33.8 Å². The first-order chi connectivity index (χ1) is 13.9. The molecule has 0 saturated carbocycles. The van der Waals surface area contributed by atoms with E-state index < -0.39 is 11.7 Å². The third-order valence-corrected chi connectivity index (χ3v) is 6.41. The van der Waals surface area contributed by atoms with Crippen molar-refractivity contribution in [3.05, 3.63) is 45.2 Å². The van der Waals surface area contributed by atoms with Crippen molar-refractivity contribution in [3.8, 4) is 0 Å². The molecule has 0 unspecified atom stereocenters. The van der Waals surface area contributed by atoms with Gasteiger partial charge in [-0.2, -0.15) is 4.98 Å². The van der Waals surface area contributed by atoms with Gasteiger partial charge in [0.25, 0.3) is 5.56 Å². The molecule has 4 rings (SSSR count). The van der Waals surface area contributed by atoms with E-state index in [4.69, 9.17) is 0 Å². The monoisotopic (exact) mass is 479 g/mol. The smallest absolute Gasteiger partial charge is 0.273 e. The van der Waals surface area contributed by atoms with Crippen molar-refractivity contribution in [2.45, 2.75) is 26.3 Å². The summed E-state index contributed by atoms with van der Waals surface area (Å²) >= 11 is 4.47. The van der Waals surface area contributed by atoms with E-state index in [1.54, 1.807) is 6.07 Å². The van der Waals surface area contributed by atoms with Crippen molar-refractivity contribution in [2.24, 2.45) is 5.92 Å². The largest absolute Gasteiger partial charge is 0.348 e. The lowest BCUT2D eigenvalue weighted by atomic mass is 10.0. The van der Waals surface area contributed by atoms with E-state index in [1.807, 2.05) is 0 Å². The molecule has 152 valence electrons. The van der Waals surface area contributed by atoms with Crippen LogP contribution in [0.2, 0.25) is 0 Å². The molecule has 1 N–H and O–H groups in total. The van der Waals surface area contributed by atoms with Gasteiger partial charge in [0.2, 0.25) is 5.91 Å². The molecule has 3 heterocycles. The summed E-state index contributed by atoms with van der Waals surface area (Å²) < 4.78 is 16.1. The molecule has 0 aliphatic carbocycles. The first-order valence-corrected chi connectivity index (χ1v) is 10.9. The maximum atomic E-state index is 13.9. The summed E-state index contributed by atoms with van der Waals surface area (Å²) in [6.45, 7) is 3.78. The third kappa shape index (κ3) is 4.32. The average Bonchev–Trinajstić information content (AvgIpc) is 3.12. The number of carbonyl (C=O) groups is 1. The minimum absolute atomic E-state index is 0.0552. The van der Waals surface area contributed by atoms with Gasteiger partial charge in [0.15, 0.2) is 10.8 Å². The standard InChI is InChI=1S/C19H19BrFN5O2S/c1-11-3-2-6-25(8-11)19-24-17-16(29-19)18(28)26(10-22-17)9-15(27)23-14-5-4-12(20)7-13(14)21/h4-5,7,10-11H,2-3,6,8-9H2,1H3,(H,23,27)/t11-/m1/s1. The summed E-state index contributed by atoms with van der Waals surface area (Å²) in [5, 5.41) is 3.27. The second-order valence-corrected chi connectivity index (χ2v) is 9.09. The number of thiazole rings is 1. The quantitative estimate of drug-likeness (QED) is 0.617. The minimum Gasteiger partial charge on any atom is -0.348 e. The first-order valence-electron chi connectivity index (χ1n) is 9.26. The number of nitrogens with zero attached hydrogens (tertiary/aromatic N) is 4. The second-order valence-electron chi connectivity index (χ2n) is 7.19. The molecule has 1 aliphatic rings. The van der Waals surface area contributed by atoms with E-state index in [-0.39, 0.29) is 17.8 Å². The van der Waals surface area contributed by atoms with Crippen molar-refractivity contribution in [1.82, 2.24) is 14.5 Å². The van der Waals surface area contributed by atoms with Crippen LogP contribution < -0.4 is 15.8 Å². The van der Waals surface area contributed by atoms with Crippen LogP contribution in [0, 0.1) is 11.7 Å². The van der Waals surface area contributed by atoms with Gasteiger partial charge in [-0.15, -0.1) is 0 Å². The highest BCUT2D eigenvalue weighted by molar-refractivity contribution is 9.10. The fourth-order valence-corrected chi connectivity index (χ4v) is 4.72. The van der Waals surface area contributed by atoms with Crippen LogP contribution in [0.5, 0.6) is 0 Å². The van der Waals surface area contributed by atoms with Gasteiger partial charge < -0.3 is 10.2 Å². The zero-order valence-electron chi connectivity index (χ0n) is 15.7. The van der Waals surface area contributed by atoms with Crippen LogP contribution in [-0.4, -0.2) is 33.5 Å². The van der Waals surface area contributed by atoms with Gasteiger partial charge in [-0.1, -0.05) is 34.2 Å². The molecule has 1 amide bonds. The predicted octanol–water partition coefficient (Wildman–Crippen LogP) is 3.63. The van der Waals surface area contributed by atoms with Crippen molar-refractivity contribution >= 4 is 54.3 Å². The number of nitrogens with one attached hydrogen (secondary N) is 1. The fourth-order valence-electron chi connectivity index (χ4n) is 3.38. The topological polar surface area (TPSA) is 80.1 Å². The Hall–Kier alpha value is -2.33. The van der Waals surface area contributed by atoms with Crippen LogP contribution in [0.4, 0.5) is 15.2 Å². The number of amides is 1. The van der Waals surface area contributed by atoms with E-state index >= 15 is 0 Å². The van der Waals surface area contributed by atoms with Gasteiger partial charge in [0, 0.05) is 17.6 Å². The highest BCUT2D eigenvalue weighted by Gasteiger charge is 2.21. The number of carbonyl (C=O) groups excluding carboxylic acids is 1. The number of aromatic nitrogens is 3. The van der Waals surface area contributed by atoms with Crippen LogP contribution in [0.1, 0.15) is 19.8 Å². The van der Waals surface area contributed by atoms with E-state index in [0.717, 1.165) is 24.6 Å². The van der Waals surface area contributed by atoms with Crippen LogP contribution >= 0.6 is 27.3 Å². The average molecular weight is 480 g/mol. The number of piperidine rings is 1. The van der Waals surface area contributed by atoms with Crippen LogP contribution in [-0.2, 0) is 11.3 Å². The number of hydrogen-bond acceptors (Lipinski definition) is 6. The molecule has 7 nitrogen and oxygen atoms in total. The first kappa shape index (κ1) is 20.0. The lowest BCUT2D eigenvalue weighted by molar-refractivity contribution is -0.116. The van der Waals surface area contributed by atoms with Gasteiger partial charge in [0.05, 0.1) is 5.69 Å². The van der Waals surface area contributed by atoms with Crippen LogP contribution in [0.25, 0.3) is 10.3 Å². The molecule has 3 aromatic rings. The summed E-state index contributed by atoms with van der Waals surface area (Å²) in [5.74, 6) is -0.483. The molecule has 1 saturated heterocycles. The van der Waals surface area contributed by atoms with E-state index in [2.05, 4.69) is 43.0 Å². The maximum absolute atomic E-state index is 13.9. The highest BCUT2D eigenvalue weighted by atomic mass is 79.9. The molecule has 1 fully saturated rings. The zero-order chi connectivity index (χ0) is 20.5. The van der Waals surface area contributed by atoms with Crippen molar-refractivity contribution in [3.63, 3.8) is 0 Å². The Labute approximate surface area is 178 Å². The van der Waals surface area contributed by atoms with Crippen molar-refractivity contribution in [1.29, 1.82) is 0 Å². The molecule has 2 aromatic heterocycles. The summed E-state index contributed by atoms with van der Waals surface area (Å²) in [5.41, 5.74) is 0.124. The lowest BCUT2D eigenvalue weighted by Crippen LogP contribution is -2.34. The Morgan fingerprint density at radius 2 is 2.28 bits per heavy atom. The Bertz CT molecular complexity index is 1130. The zero-order valence-corrected chi connectivity index (χ0v) is 18.1. The van der Waals surface area contributed by atoms with Crippen LogP contribution in [0.3, 0.4) is 0 Å². The van der Waals surface area contributed by atoms with Gasteiger partial charge >= 0.3 is 0 Å². The summed E-state index contributed by atoms with van der Waals surface area (Å²) in [7, 11) is 0. The normalized spacial score (nSPS) is 16.9. The van der Waals surface area contributed by atoms with Gasteiger partial charge in [-0.05, 0) is 37.0 Å². The fraction of sp³-hybridized carbons (Fsp3) is 0.368. The molecule has 10 heteroatoms. The Morgan fingerprint density at radius 1 is 1.45 bits per heavy atom. The molecular formula is C19H19BrFN5O2S. The summed E-state index contributed by atoms with van der Waals surface area (Å²) in [4.78, 5) is 36.0. The molecule has 1 aliphatic heterocycles. The lowest BCUT2D eigenvalue weighted by Gasteiger charge is -2.30. The number of hydrogen-bond donors (Lipinski definition) is 1. The van der Waals surface area contributed by atoms with Crippen molar-refractivity contribution < 1.29 is 9.18 Å². The maximum Gasteiger partial charge on any atom is 0.273 e. The van der Waals surface area contributed by atoms with E-state index in [1.165, 1.54) is 40.8 Å².